The van der Waals surface area contributed by atoms with Crippen molar-refractivity contribution in [2.45, 2.75) is 40.0 Å². The molecule has 0 saturated heterocycles. The molecule has 96 valence electrons. The van der Waals surface area contributed by atoms with E-state index in [9.17, 15) is 4.39 Å². The highest BCUT2D eigenvalue weighted by molar-refractivity contribution is 5.23. The Hall–Kier alpha value is -0.890. The molecular formula is C15H24FN. The fourth-order valence-electron chi connectivity index (χ4n) is 1.83. The van der Waals surface area contributed by atoms with Crippen molar-refractivity contribution in [1.29, 1.82) is 0 Å². The van der Waals surface area contributed by atoms with Gasteiger partial charge in [0.2, 0.25) is 0 Å². The van der Waals surface area contributed by atoms with Crippen LogP contribution in [0.5, 0.6) is 0 Å². The number of unbranched alkanes of at least 4 members (excludes halogenated alkanes) is 1. The average Bonchev–Trinajstić information content (AvgIpc) is 2.27. The normalized spacial score (nSPS) is 11.1. The van der Waals surface area contributed by atoms with E-state index < -0.39 is 0 Å². The summed E-state index contributed by atoms with van der Waals surface area (Å²) < 4.78 is 13.1. The Labute approximate surface area is 104 Å². The van der Waals surface area contributed by atoms with Gasteiger partial charge in [0.25, 0.3) is 0 Å². The lowest BCUT2D eigenvalue weighted by Crippen LogP contribution is -2.20. The van der Waals surface area contributed by atoms with Gasteiger partial charge >= 0.3 is 0 Å². The van der Waals surface area contributed by atoms with Crippen LogP contribution < -0.4 is 5.32 Å². The summed E-state index contributed by atoms with van der Waals surface area (Å²) >= 11 is 0. The second kappa shape index (κ2) is 7.44. The van der Waals surface area contributed by atoms with Gasteiger partial charge in [-0.1, -0.05) is 26.0 Å². The maximum Gasteiger partial charge on any atom is 0.126 e. The third kappa shape index (κ3) is 5.83. The molecule has 1 aromatic carbocycles. The zero-order chi connectivity index (χ0) is 12.7. The van der Waals surface area contributed by atoms with Crippen molar-refractivity contribution in [3.63, 3.8) is 0 Å². The van der Waals surface area contributed by atoms with Gasteiger partial charge in [-0.15, -0.1) is 0 Å². The minimum atomic E-state index is -0.104. The maximum absolute atomic E-state index is 13.1. The molecule has 0 amide bonds. The van der Waals surface area contributed by atoms with Crippen molar-refractivity contribution < 1.29 is 4.39 Å². The molecule has 0 saturated carbocycles. The predicted molar refractivity (Wildman–Crippen MR) is 71.8 cm³/mol. The monoisotopic (exact) mass is 237 g/mol. The van der Waals surface area contributed by atoms with Gasteiger partial charge < -0.3 is 5.32 Å². The Morgan fingerprint density at radius 1 is 1.24 bits per heavy atom. The van der Waals surface area contributed by atoms with Gasteiger partial charge in [0.1, 0.15) is 5.82 Å². The van der Waals surface area contributed by atoms with Crippen molar-refractivity contribution in [2.24, 2.45) is 5.92 Å². The molecule has 0 aliphatic heterocycles. The topological polar surface area (TPSA) is 12.0 Å². The second-order valence-corrected chi connectivity index (χ2v) is 5.14. The number of benzene rings is 1. The van der Waals surface area contributed by atoms with Crippen LogP contribution in [0.3, 0.4) is 0 Å². The lowest BCUT2D eigenvalue weighted by molar-refractivity contribution is 0.535. The zero-order valence-corrected chi connectivity index (χ0v) is 11.2. The van der Waals surface area contributed by atoms with Crippen LogP contribution in [0.1, 0.15) is 37.8 Å². The summed E-state index contributed by atoms with van der Waals surface area (Å²) in [6.45, 7) is 8.43. The van der Waals surface area contributed by atoms with Crippen molar-refractivity contribution in [3.05, 3.63) is 35.1 Å². The quantitative estimate of drug-likeness (QED) is 0.713. The number of hydrogen-bond acceptors (Lipinski definition) is 1. The molecule has 1 aromatic rings. The highest BCUT2D eigenvalue weighted by atomic mass is 19.1. The summed E-state index contributed by atoms with van der Waals surface area (Å²) in [5.74, 6) is 0.613. The molecule has 17 heavy (non-hydrogen) atoms. The second-order valence-electron chi connectivity index (χ2n) is 5.14. The van der Waals surface area contributed by atoms with Crippen molar-refractivity contribution in [1.82, 2.24) is 5.32 Å². The molecule has 0 heterocycles. The Bertz CT molecular complexity index is 334. The number of rotatable bonds is 7. The fourth-order valence-corrected chi connectivity index (χ4v) is 1.83. The van der Waals surface area contributed by atoms with E-state index in [0.717, 1.165) is 37.4 Å². The Morgan fingerprint density at radius 2 is 2.00 bits per heavy atom. The molecule has 0 aromatic heterocycles. The van der Waals surface area contributed by atoms with Crippen molar-refractivity contribution >= 4 is 0 Å². The highest BCUT2D eigenvalue weighted by Gasteiger charge is 1.99. The van der Waals surface area contributed by atoms with E-state index in [1.54, 1.807) is 6.07 Å². The van der Waals surface area contributed by atoms with E-state index in [2.05, 4.69) is 19.2 Å². The van der Waals surface area contributed by atoms with E-state index in [4.69, 9.17) is 0 Å². The van der Waals surface area contributed by atoms with E-state index in [1.165, 1.54) is 12.0 Å². The van der Waals surface area contributed by atoms with Crippen LogP contribution in [0.25, 0.3) is 0 Å². The van der Waals surface area contributed by atoms with E-state index >= 15 is 0 Å². The van der Waals surface area contributed by atoms with Gasteiger partial charge in [-0.3, -0.25) is 0 Å². The summed E-state index contributed by atoms with van der Waals surface area (Å²) in [4.78, 5) is 0. The summed E-state index contributed by atoms with van der Waals surface area (Å²) in [5, 5.41) is 3.43. The molecule has 2 heteroatoms. The molecule has 0 spiro atoms. The first-order valence-corrected chi connectivity index (χ1v) is 6.55. The Balaban J connectivity index is 2.16. The van der Waals surface area contributed by atoms with Crippen LogP contribution in [0.15, 0.2) is 18.2 Å². The zero-order valence-electron chi connectivity index (χ0n) is 11.2. The summed E-state index contributed by atoms with van der Waals surface area (Å²) in [5.41, 5.74) is 1.99. The van der Waals surface area contributed by atoms with Gasteiger partial charge in [-0.25, -0.2) is 4.39 Å². The molecule has 0 fully saturated rings. The summed E-state index contributed by atoms with van der Waals surface area (Å²) in [7, 11) is 0. The first-order chi connectivity index (χ1) is 8.09. The standard InChI is InChI=1S/C15H24FN/c1-12(2)11-17-9-5-4-6-14-7-8-15(16)13(3)10-14/h7-8,10,12,17H,4-6,9,11H2,1-3H3. The van der Waals surface area contributed by atoms with Crippen LogP contribution in [0, 0.1) is 18.7 Å². The summed E-state index contributed by atoms with van der Waals surface area (Å²) in [6.07, 6.45) is 3.39. The third-order valence-corrected chi connectivity index (χ3v) is 2.84. The molecule has 0 radical (unpaired) electrons. The first kappa shape index (κ1) is 14.2. The van der Waals surface area contributed by atoms with Gasteiger partial charge in [0.05, 0.1) is 0 Å². The number of nitrogens with one attached hydrogen (secondary N) is 1. The largest absolute Gasteiger partial charge is 0.316 e. The molecule has 0 aliphatic rings. The van der Waals surface area contributed by atoms with Gasteiger partial charge in [0, 0.05) is 0 Å². The van der Waals surface area contributed by atoms with Gasteiger partial charge in [-0.05, 0) is 62.4 Å². The van der Waals surface area contributed by atoms with E-state index in [1.807, 2.05) is 19.1 Å². The molecule has 0 unspecified atom stereocenters. The number of hydrogen-bond donors (Lipinski definition) is 1. The molecule has 0 atom stereocenters. The van der Waals surface area contributed by atoms with Crippen LogP contribution >= 0.6 is 0 Å². The van der Waals surface area contributed by atoms with E-state index in [0.29, 0.717) is 0 Å². The van der Waals surface area contributed by atoms with Crippen LogP contribution in [0.4, 0.5) is 4.39 Å². The molecule has 0 aliphatic carbocycles. The van der Waals surface area contributed by atoms with Crippen LogP contribution in [-0.2, 0) is 6.42 Å². The Morgan fingerprint density at radius 3 is 2.65 bits per heavy atom. The van der Waals surface area contributed by atoms with Crippen molar-refractivity contribution in [2.75, 3.05) is 13.1 Å². The highest BCUT2D eigenvalue weighted by Crippen LogP contribution is 2.11. The lowest BCUT2D eigenvalue weighted by atomic mass is 10.1. The minimum absolute atomic E-state index is 0.104. The smallest absolute Gasteiger partial charge is 0.126 e. The van der Waals surface area contributed by atoms with Crippen LogP contribution in [0.2, 0.25) is 0 Å². The molecular weight excluding hydrogens is 213 g/mol. The summed E-state index contributed by atoms with van der Waals surface area (Å²) in [6, 6.07) is 5.42. The fraction of sp³-hybridized carbons (Fsp3) is 0.600. The van der Waals surface area contributed by atoms with Crippen molar-refractivity contribution in [3.8, 4) is 0 Å². The number of aryl methyl sites for hydroxylation is 2. The molecule has 1 nitrogen and oxygen atoms in total. The van der Waals surface area contributed by atoms with Crippen LogP contribution in [-0.4, -0.2) is 13.1 Å². The number of halogens is 1. The third-order valence-electron chi connectivity index (χ3n) is 2.84. The van der Waals surface area contributed by atoms with E-state index in [-0.39, 0.29) is 5.82 Å². The minimum Gasteiger partial charge on any atom is -0.316 e. The molecule has 1 rings (SSSR count). The molecule has 1 N–H and O–H groups in total. The van der Waals surface area contributed by atoms with Gasteiger partial charge in [0.15, 0.2) is 0 Å². The lowest BCUT2D eigenvalue weighted by Gasteiger charge is -2.07. The Kier molecular flexibility index (Phi) is 6.20. The molecule has 0 bridgehead atoms. The first-order valence-electron chi connectivity index (χ1n) is 6.55. The average molecular weight is 237 g/mol. The predicted octanol–water partition coefficient (Wildman–Crippen LogP) is 3.70. The van der Waals surface area contributed by atoms with Gasteiger partial charge in [-0.2, -0.15) is 0 Å². The SMILES string of the molecule is Cc1cc(CCCCNCC(C)C)ccc1F. The maximum atomic E-state index is 13.1.